The second kappa shape index (κ2) is 9.32. The molecule has 1 N–H and O–H groups in total. The maximum atomic E-state index is 4.65. The summed E-state index contributed by atoms with van der Waals surface area (Å²) in [4.78, 5) is 9.25. The van der Waals surface area contributed by atoms with E-state index in [0.29, 0.717) is 0 Å². The summed E-state index contributed by atoms with van der Waals surface area (Å²) in [5, 5.41) is 3.40. The van der Waals surface area contributed by atoms with Crippen molar-refractivity contribution >= 4 is 21.7 Å². The molecule has 20 heavy (non-hydrogen) atoms. The van der Waals surface area contributed by atoms with Gasteiger partial charge < -0.3 is 15.1 Å². The molecule has 1 rings (SSSR count). The Balaban J connectivity index is 2.91. The lowest BCUT2D eigenvalue weighted by molar-refractivity contribution is 0.412. The van der Waals surface area contributed by atoms with Gasteiger partial charge in [0.15, 0.2) is 0 Å². The van der Waals surface area contributed by atoms with Gasteiger partial charge in [-0.3, -0.25) is 0 Å². The lowest BCUT2D eigenvalue weighted by atomic mass is 10.2. The molecule has 0 saturated carbocycles. The van der Waals surface area contributed by atoms with Crippen LogP contribution in [-0.4, -0.2) is 50.2 Å². The summed E-state index contributed by atoms with van der Waals surface area (Å²) in [6, 6.07) is 2.17. The first-order chi connectivity index (χ1) is 9.58. The zero-order valence-corrected chi connectivity index (χ0v) is 14.7. The molecule has 0 unspecified atom stereocenters. The fourth-order valence-corrected chi connectivity index (χ4v) is 2.44. The lowest BCUT2D eigenvalue weighted by Crippen LogP contribution is -2.34. The molecule has 0 aliphatic carbocycles. The summed E-state index contributed by atoms with van der Waals surface area (Å²) in [7, 11) is 4.22. The Morgan fingerprint density at radius 1 is 1.20 bits per heavy atom. The molecule has 0 aromatic carbocycles. The van der Waals surface area contributed by atoms with Gasteiger partial charge in [-0.15, -0.1) is 0 Å². The largest absolute Gasteiger partial charge is 0.355 e. The lowest BCUT2D eigenvalue weighted by Gasteiger charge is -2.27. The predicted molar refractivity (Wildman–Crippen MR) is 90.4 cm³/mol. The molecule has 5 heteroatoms. The number of rotatable bonds is 9. The number of hydrogen-bond donors (Lipinski definition) is 1. The first-order valence-corrected chi connectivity index (χ1v) is 8.12. The third kappa shape index (κ3) is 5.77. The van der Waals surface area contributed by atoms with Crippen molar-refractivity contribution in [2.24, 2.45) is 0 Å². The maximum Gasteiger partial charge on any atom is 0.133 e. The van der Waals surface area contributed by atoms with Gasteiger partial charge in [-0.25, -0.2) is 4.98 Å². The molecule has 0 aliphatic heterocycles. The standard InChI is InChI=1S/C15H27BrN4/c1-5-7-20(9-8-19(3)4)15-13(11-17-6-2)10-14(16)12-18-15/h10,12,17H,5-9,11H2,1-4H3. The summed E-state index contributed by atoms with van der Waals surface area (Å²) in [5.41, 5.74) is 1.26. The molecule has 0 amide bonds. The van der Waals surface area contributed by atoms with Crippen molar-refractivity contribution in [1.82, 2.24) is 15.2 Å². The Labute approximate surface area is 131 Å². The van der Waals surface area contributed by atoms with E-state index in [1.54, 1.807) is 0 Å². The van der Waals surface area contributed by atoms with Crippen molar-refractivity contribution in [1.29, 1.82) is 0 Å². The number of halogens is 1. The molecule has 0 bridgehead atoms. The quantitative estimate of drug-likeness (QED) is 0.747. The third-order valence-electron chi connectivity index (χ3n) is 3.09. The van der Waals surface area contributed by atoms with Crippen LogP contribution < -0.4 is 10.2 Å². The van der Waals surface area contributed by atoms with Crippen LogP contribution in [0.3, 0.4) is 0 Å². The van der Waals surface area contributed by atoms with Gasteiger partial charge in [0.2, 0.25) is 0 Å². The van der Waals surface area contributed by atoms with Gasteiger partial charge in [-0.2, -0.15) is 0 Å². The van der Waals surface area contributed by atoms with Gasteiger partial charge in [0.1, 0.15) is 5.82 Å². The minimum Gasteiger partial charge on any atom is -0.355 e. The molecular weight excluding hydrogens is 316 g/mol. The molecule has 0 radical (unpaired) electrons. The highest BCUT2D eigenvalue weighted by Gasteiger charge is 2.13. The van der Waals surface area contributed by atoms with Crippen LogP contribution in [-0.2, 0) is 6.54 Å². The fourth-order valence-electron chi connectivity index (χ4n) is 2.06. The summed E-state index contributed by atoms with van der Waals surface area (Å²) >= 11 is 3.52. The van der Waals surface area contributed by atoms with E-state index in [0.717, 1.165) is 49.4 Å². The third-order valence-corrected chi connectivity index (χ3v) is 3.52. The molecule has 1 heterocycles. The van der Waals surface area contributed by atoms with E-state index in [-0.39, 0.29) is 0 Å². The molecular formula is C15H27BrN4. The van der Waals surface area contributed by atoms with E-state index < -0.39 is 0 Å². The van der Waals surface area contributed by atoms with E-state index >= 15 is 0 Å². The zero-order chi connectivity index (χ0) is 15.0. The molecule has 0 atom stereocenters. The van der Waals surface area contributed by atoms with E-state index in [1.807, 2.05) is 6.20 Å². The first-order valence-electron chi connectivity index (χ1n) is 7.33. The van der Waals surface area contributed by atoms with Crippen LogP contribution in [0, 0.1) is 0 Å². The molecule has 1 aromatic heterocycles. The number of nitrogens with zero attached hydrogens (tertiary/aromatic N) is 3. The Bertz CT molecular complexity index is 395. The average molecular weight is 343 g/mol. The zero-order valence-electron chi connectivity index (χ0n) is 13.1. The van der Waals surface area contributed by atoms with E-state index in [4.69, 9.17) is 0 Å². The van der Waals surface area contributed by atoms with Crippen LogP contribution >= 0.6 is 15.9 Å². The van der Waals surface area contributed by atoms with E-state index in [2.05, 4.69) is 70.0 Å². The highest BCUT2D eigenvalue weighted by atomic mass is 79.9. The Morgan fingerprint density at radius 3 is 2.55 bits per heavy atom. The Hall–Kier alpha value is -0.650. The summed E-state index contributed by atoms with van der Waals surface area (Å²) < 4.78 is 1.04. The van der Waals surface area contributed by atoms with Gasteiger partial charge in [0.05, 0.1) is 0 Å². The highest BCUT2D eigenvalue weighted by Crippen LogP contribution is 2.22. The SMILES string of the molecule is CCCN(CCN(C)C)c1ncc(Br)cc1CNCC. The van der Waals surface area contributed by atoms with Crippen molar-refractivity contribution < 1.29 is 0 Å². The number of aromatic nitrogens is 1. The van der Waals surface area contributed by atoms with Crippen molar-refractivity contribution in [3.63, 3.8) is 0 Å². The predicted octanol–water partition coefficient (Wildman–Crippen LogP) is 2.73. The average Bonchev–Trinajstić information content (AvgIpc) is 2.41. The van der Waals surface area contributed by atoms with Crippen LogP contribution in [0.1, 0.15) is 25.8 Å². The van der Waals surface area contributed by atoms with Crippen molar-refractivity contribution in [2.45, 2.75) is 26.8 Å². The highest BCUT2D eigenvalue weighted by molar-refractivity contribution is 9.10. The number of pyridine rings is 1. The minimum atomic E-state index is 0.862. The second-order valence-electron chi connectivity index (χ2n) is 5.21. The van der Waals surface area contributed by atoms with Gasteiger partial charge in [0, 0.05) is 42.4 Å². The van der Waals surface area contributed by atoms with Gasteiger partial charge in [-0.05, 0) is 49.1 Å². The van der Waals surface area contributed by atoms with Crippen LogP contribution in [0.2, 0.25) is 0 Å². The molecule has 0 fully saturated rings. The van der Waals surface area contributed by atoms with Crippen LogP contribution in [0.5, 0.6) is 0 Å². The number of nitrogens with one attached hydrogen (secondary N) is 1. The summed E-state index contributed by atoms with van der Waals surface area (Å²) in [6.45, 7) is 9.26. The first kappa shape index (κ1) is 17.4. The Kier molecular flexibility index (Phi) is 8.11. The van der Waals surface area contributed by atoms with Crippen LogP contribution in [0.15, 0.2) is 16.7 Å². The van der Waals surface area contributed by atoms with Crippen molar-refractivity contribution in [2.75, 3.05) is 45.2 Å². The summed E-state index contributed by atoms with van der Waals surface area (Å²) in [5.74, 6) is 1.11. The molecule has 1 aromatic rings. The van der Waals surface area contributed by atoms with Gasteiger partial charge in [-0.1, -0.05) is 13.8 Å². The molecule has 0 aliphatic rings. The minimum absolute atomic E-state index is 0.862. The monoisotopic (exact) mass is 342 g/mol. The molecule has 0 spiro atoms. The van der Waals surface area contributed by atoms with E-state index in [9.17, 15) is 0 Å². The second-order valence-corrected chi connectivity index (χ2v) is 6.12. The normalized spacial score (nSPS) is 11.1. The number of hydrogen-bond acceptors (Lipinski definition) is 4. The maximum absolute atomic E-state index is 4.65. The number of likely N-dealkylation sites (N-methyl/N-ethyl adjacent to an activating group) is 1. The summed E-state index contributed by atoms with van der Waals surface area (Å²) in [6.07, 6.45) is 3.02. The van der Waals surface area contributed by atoms with Gasteiger partial charge >= 0.3 is 0 Å². The van der Waals surface area contributed by atoms with Gasteiger partial charge in [0.25, 0.3) is 0 Å². The molecule has 4 nitrogen and oxygen atoms in total. The molecule has 0 saturated heterocycles. The van der Waals surface area contributed by atoms with Crippen molar-refractivity contribution in [3.05, 3.63) is 22.3 Å². The Morgan fingerprint density at radius 2 is 1.95 bits per heavy atom. The number of anilines is 1. The fraction of sp³-hybridized carbons (Fsp3) is 0.667. The van der Waals surface area contributed by atoms with Crippen molar-refractivity contribution in [3.8, 4) is 0 Å². The molecule has 114 valence electrons. The van der Waals surface area contributed by atoms with E-state index in [1.165, 1.54) is 5.56 Å². The van der Waals surface area contributed by atoms with Crippen LogP contribution in [0.25, 0.3) is 0 Å². The smallest absolute Gasteiger partial charge is 0.133 e. The van der Waals surface area contributed by atoms with Crippen LogP contribution in [0.4, 0.5) is 5.82 Å². The topological polar surface area (TPSA) is 31.4 Å².